The molecule has 12 heteroatoms. The molecule has 0 saturated carbocycles. The lowest BCUT2D eigenvalue weighted by Crippen LogP contribution is -2.53. The number of hydrogen-bond donors (Lipinski definition) is 2. The highest BCUT2D eigenvalue weighted by molar-refractivity contribution is 5.91. The average molecular weight is 451 g/mol. The first-order valence-electron chi connectivity index (χ1n) is 9.73. The monoisotopic (exact) mass is 451 g/mol. The van der Waals surface area contributed by atoms with E-state index in [4.69, 9.17) is 9.47 Å². The number of nitrogens with zero attached hydrogens (tertiary/aromatic N) is 2. The molecule has 0 spiro atoms. The molecule has 4 atom stereocenters. The Kier molecular flexibility index (Phi) is 8.24. The predicted molar refractivity (Wildman–Crippen MR) is 108 cm³/mol. The lowest BCUT2D eigenvalue weighted by molar-refractivity contribution is -0.384. The van der Waals surface area contributed by atoms with Crippen LogP contribution in [0.3, 0.4) is 0 Å². The number of benzene rings is 1. The SMILES string of the molecule is COC(=O)C[C@@H](c1ccc([N+](=O)[O-])cc1)[C@@H](NC(=O)[C@@H]1C[C@@H](O)CN1C(C)=O)C(=O)OC. The number of ether oxygens (including phenoxy) is 2. The van der Waals surface area contributed by atoms with Gasteiger partial charge >= 0.3 is 11.9 Å². The Morgan fingerprint density at radius 1 is 1.22 bits per heavy atom. The van der Waals surface area contributed by atoms with Crippen LogP contribution < -0.4 is 5.32 Å². The molecule has 12 nitrogen and oxygen atoms in total. The van der Waals surface area contributed by atoms with Crippen LogP contribution >= 0.6 is 0 Å². The summed E-state index contributed by atoms with van der Waals surface area (Å²) in [5, 5.41) is 23.4. The fourth-order valence-electron chi connectivity index (χ4n) is 3.64. The van der Waals surface area contributed by atoms with E-state index in [1.807, 2.05) is 0 Å². The van der Waals surface area contributed by atoms with E-state index in [2.05, 4.69) is 5.32 Å². The van der Waals surface area contributed by atoms with Gasteiger partial charge in [0.15, 0.2) is 0 Å². The summed E-state index contributed by atoms with van der Waals surface area (Å²) >= 11 is 0. The van der Waals surface area contributed by atoms with Gasteiger partial charge in [0, 0.05) is 37.9 Å². The maximum atomic E-state index is 12.9. The van der Waals surface area contributed by atoms with Gasteiger partial charge in [0.2, 0.25) is 11.8 Å². The van der Waals surface area contributed by atoms with Gasteiger partial charge < -0.3 is 24.8 Å². The molecule has 0 aromatic heterocycles. The number of methoxy groups -OCH3 is 2. The first-order chi connectivity index (χ1) is 15.1. The van der Waals surface area contributed by atoms with Crippen LogP contribution in [0.5, 0.6) is 0 Å². The van der Waals surface area contributed by atoms with Crippen molar-refractivity contribution in [3.05, 3.63) is 39.9 Å². The molecular weight excluding hydrogens is 426 g/mol. The topological polar surface area (TPSA) is 165 Å². The number of carbonyl (C=O) groups is 4. The van der Waals surface area contributed by atoms with Gasteiger partial charge in [-0.05, 0) is 5.56 Å². The Morgan fingerprint density at radius 2 is 1.84 bits per heavy atom. The molecule has 1 fully saturated rings. The number of aliphatic hydroxyl groups excluding tert-OH is 1. The van der Waals surface area contributed by atoms with Gasteiger partial charge in [-0.15, -0.1) is 0 Å². The van der Waals surface area contributed by atoms with Crippen LogP contribution in [0.1, 0.15) is 31.2 Å². The number of nitro benzene ring substituents is 1. The van der Waals surface area contributed by atoms with E-state index in [-0.39, 0.29) is 25.1 Å². The van der Waals surface area contributed by atoms with Crippen molar-refractivity contribution in [2.45, 2.75) is 43.9 Å². The Morgan fingerprint density at radius 3 is 2.34 bits per heavy atom. The Balaban J connectivity index is 2.39. The summed E-state index contributed by atoms with van der Waals surface area (Å²) in [4.78, 5) is 60.9. The van der Waals surface area contributed by atoms with Crippen LogP contribution in [-0.4, -0.2) is 77.6 Å². The second-order valence-corrected chi connectivity index (χ2v) is 7.32. The number of β-amino-alcohol motifs (C(OH)–C–C–N with tert-alkyl or cyclic N) is 1. The lowest BCUT2D eigenvalue weighted by Gasteiger charge is -2.29. The molecule has 2 amide bonds. The minimum absolute atomic E-state index is 0.0154. The molecule has 0 aliphatic carbocycles. The molecule has 1 heterocycles. The van der Waals surface area contributed by atoms with Gasteiger partial charge in [-0.25, -0.2) is 4.79 Å². The molecule has 1 aliphatic heterocycles. The van der Waals surface area contributed by atoms with E-state index >= 15 is 0 Å². The molecule has 2 N–H and O–H groups in total. The first-order valence-corrected chi connectivity index (χ1v) is 9.73. The number of carbonyl (C=O) groups excluding carboxylic acids is 4. The third kappa shape index (κ3) is 5.78. The molecule has 0 bridgehead atoms. The standard InChI is InChI=1S/C20H25N3O9/c1-11(24)22-10-14(25)8-16(22)19(27)21-18(20(28)32-3)15(9-17(26)31-2)12-4-6-13(7-5-12)23(29)30/h4-7,14-16,18,25H,8-10H2,1-3H3,(H,21,27)/t14-,15+,16+,18-/m1/s1. The van der Waals surface area contributed by atoms with E-state index in [1.165, 1.54) is 36.1 Å². The van der Waals surface area contributed by atoms with Crippen molar-refractivity contribution in [1.82, 2.24) is 10.2 Å². The number of amides is 2. The summed E-state index contributed by atoms with van der Waals surface area (Å²) < 4.78 is 9.50. The van der Waals surface area contributed by atoms with E-state index in [1.54, 1.807) is 0 Å². The molecule has 0 unspecified atom stereocenters. The second kappa shape index (κ2) is 10.7. The van der Waals surface area contributed by atoms with Gasteiger partial charge in [0.05, 0.1) is 31.7 Å². The number of nitro groups is 1. The van der Waals surface area contributed by atoms with E-state index in [0.29, 0.717) is 5.56 Å². The lowest BCUT2D eigenvalue weighted by atomic mass is 9.88. The van der Waals surface area contributed by atoms with Crippen molar-refractivity contribution in [2.24, 2.45) is 0 Å². The van der Waals surface area contributed by atoms with Crippen molar-refractivity contribution in [3.63, 3.8) is 0 Å². The summed E-state index contributed by atoms with van der Waals surface area (Å²) in [5.41, 5.74) is 0.160. The minimum atomic E-state index is -1.36. The van der Waals surface area contributed by atoms with E-state index in [9.17, 15) is 34.4 Å². The number of aliphatic hydroxyl groups is 1. The zero-order valence-electron chi connectivity index (χ0n) is 17.8. The summed E-state index contributed by atoms with van der Waals surface area (Å²) in [6, 6.07) is 2.79. The zero-order valence-corrected chi connectivity index (χ0v) is 17.8. The highest BCUT2D eigenvalue weighted by Crippen LogP contribution is 2.28. The van der Waals surface area contributed by atoms with Gasteiger partial charge in [0.25, 0.3) is 5.69 Å². The highest BCUT2D eigenvalue weighted by atomic mass is 16.6. The molecule has 2 rings (SSSR count). The van der Waals surface area contributed by atoms with Gasteiger partial charge in [-0.2, -0.15) is 0 Å². The molecule has 32 heavy (non-hydrogen) atoms. The number of non-ortho nitro benzene ring substituents is 1. The van der Waals surface area contributed by atoms with Crippen LogP contribution in [0, 0.1) is 10.1 Å². The van der Waals surface area contributed by atoms with Crippen LogP contribution in [-0.2, 0) is 28.7 Å². The first kappa shape index (κ1) is 24.7. The molecule has 0 radical (unpaired) electrons. The zero-order chi connectivity index (χ0) is 24.0. The molecular formula is C20H25N3O9. The number of likely N-dealkylation sites (tertiary alicyclic amines) is 1. The third-order valence-electron chi connectivity index (χ3n) is 5.29. The maximum absolute atomic E-state index is 12.9. The van der Waals surface area contributed by atoms with Crippen LogP contribution in [0.4, 0.5) is 5.69 Å². The van der Waals surface area contributed by atoms with Crippen molar-refractivity contribution < 1.29 is 38.7 Å². The average Bonchev–Trinajstić information content (AvgIpc) is 3.17. The number of rotatable bonds is 8. The largest absolute Gasteiger partial charge is 0.469 e. The normalized spacial score (nSPS) is 19.6. The van der Waals surface area contributed by atoms with Crippen molar-refractivity contribution >= 4 is 29.4 Å². The minimum Gasteiger partial charge on any atom is -0.469 e. The predicted octanol–water partition coefficient (Wildman–Crippen LogP) is -0.119. The van der Waals surface area contributed by atoms with Crippen LogP contribution in [0.15, 0.2) is 24.3 Å². The van der Waals surface area contributed by atoms with Crippen molar-refractivity contribution in [3.8, 4) is 0 Å². The van der Waals surface area contributed by atoms with Crippen LogP contribution in [0.2, 0.25) is 0 Å². The fraction of sp³-hybridized carbons (Fsp3) is 0.500. The second-order valence-electron chi connectivity index (χ2n) is 7.32. The molecule has 1 aromatic rings. The summed E-state index contributed by atoms with van der Waals surface area (Å²) in [7, 11) is 2.26. The third-order valence-corrected chi connectivity index (χ3v) is 5.29. The quantitative estimate of drug-likeness (QED) is 0.311. The molecule has 1 aromatic carbocycles. The summed E-state index contributed by atoms with van der Waals surface area (Å²) in [6.07, 6.45) is -1.25. The molecule has 1 saturated heterocycles. The smallest absolute Gasteiger partial charge is 0.329 e. The van der Waals surface area contributed by atoms with E-state index in [0.717, 1.165) is 14.2 Å². The van der Waals surface area contributed by atoms with Crippen molar-refractivity contribution in [2.75, 3.05) is 20.8 Å². The van der Waals surface area contributed by atoms with Crippen LogP contribution in [0.25, 0.3) is 0 Å². The number of nitrogens with one attached hydrogen (secondary N) is 1. The summed E-state index contributed by atoms with van der Waals surface area (Å²) in [5.74, 6) is -3.64. The Hall–Kier alpha value is -3.54. The highest BCUT2D eigenvalue weighted by Gasteiger charge is 2.41. The Labute approximate surface area is 183 Å². The molecule has 1 aliphatic rings. The van der Waals surface area contributed by atoms with Gasteiger partial charge in [0.1, 0.15) is 12.1 Å². The number of esters is 2. The maximum Gasteiger partial charge on any atom is 0.329 e. The van der Waals surface area contributed by atoms with E-state index < -0.39 is 52.8 Å². The van der Waals surface area contributed by atoms with Gasteiger partial charge in [-0.3, -0.25) is 24.5 Å². The fourth-order valence-corrected chi connectivity index (χ4v) is 3.64. The van der Waals surface area contributed by atoms with Gasteiger partial charge in [-0.1, -0.05) is 12.1 Å². The Bertz CT molecular complexity index is 887. The molecule has 174 valence electrons. The summed E-state index contributed by atoms with van der Waals surface area (Å²) in [6.45, 7) is 1.23. The number of hydrogen-bond acceptors (Lipinski definition) is 9. The van der Waals surface area contributed by atoms with Crippen molar-refractivity contribution in [1.29, 1.82) is 0 Å².